The van der Waals surface area contributed by atoms with Crippen LogP contribution in [0.4, 0.5) is 5.13 Å². The number of anilines is 1. The molecule has 6 nitrogen and oxygen atoms in total. The molecule has 146 valence electrons. The van der Waals surface area contributed by atoms with Crippen molar-refractivity contribution in [1.29, 1.82) is 0 Å². The Bertz CT molecular complexity index is 860. The molecule has 4 saturated carbocycles. The molecule has 6 rings (SSSR count). The molecule has 4 aliphatic carbocycles. The number of hydrogen-bond acceptors (Lipinski definition) is 5. The fraction of sp³-hybridized carbons (Fsp3) is 0.524. The fourth-order valence-corrected chi connectivity index (χ4v) is 6.74. The topological polar surface area (TPSA) is 84.0 Å². The first-order chi connectivity index (χ1) is 13.6. The summed E-state index contributed by atoms with van der Waals surface area (Å²) in [4.78, 5) is 33.0. The van der Waals surface area contributed by atoms with Crippen molar-refractivity contribution >= 4 is 28.3 Å². The zero-order valence-electron chi connectivity index (χ0n) is 15.7. The van der Waals surface area contributed by atoms with Crippen molar-refractivity contribution in [2.24, 2.45) is 17.8 Å². The Balaban J connectivity index is 1.22. The Labute approximate surface area is 168 Å². The van der Waals surface area contributed by atoms with E-state index in [0.717, 1.165) is 29.0 Å². The number of thiazole rings is 1. The molecule has 0 radical (unpaired) electrons. The van der Waals surface area contributed by atoms with Gasteiger partial charge in [0.15, 0.2) is 5.13 Å². The molecule has 0 aliphatic heterocycles. The normalized spacial score (nSPS) is 30.2. The van der Waals surface area contributed by atoms with Crippen LogP contribution in [0.2, 0.25) is 0 Å². The van der Waals surface area contributed by atoms with Gasteiger partial charge in [0.25, 0.3) is 0 Å². The highest BCUT2D eigenvalue weighted by Crippen LogP contribution is 2.60. The molecule has 0 saturated heterocycles. The average Bonchev–Trinajstić information content (AvgIpc) is 3.15. The second-order valence-electron chi connectivity index (χ2n) is 8.73. The van der Waals surface area contributed by atoms with E-state index < -0.39 is 11.8 Å². The number of hydrogen-bond donors (Lipinski definition) is 2. The van der Waals surface area contributed by atoms with Gasteiger partial charge in [0.05, 0.1) is 5.69 Å². The van der Waals surface area contributed by atoms with E-state index in [1.54, 1.807) is 24.5 Å². The van der Waals surface area contributed by atoms with Crippen molar-refractivity contribution in [3.63, 3.8) is 0 Å². The highest BCUT2D eigenvalue weighted by molar-refractivity contribution is 7.14. The molecule has 28 heavy (non-hydrogen) atoms. The molecule has 2 aromatic heterocycles. The summed E-state index contributed by atoms with van der Waals surface area (Å²) in [5, 5.41) is 7.92. The van der Waals surface area contributed by atoms with Crippen molar-refractivity contribution in [2.75, 3.05) is 5.32 Å². The summed E-state index contributed by atoms with van der Waals surface area (Å²) in [6, 6.07) is 3.60. The number of carbonyl (C=O) groups excluding carboxylic acids is 2. The summed E-state index contributed by atoms with van der Waals surface area (Å²) in [7, 11) is 0. The maximum atomic E-state index is 12.2. The fourth-order valence-electron chi connectivity index (χ4n) is 5.92. The van der Waals surface area contributed by atoms with E-state index in [-0.39, 0.29) is 5.41 Å². The van der Waals surface area contributed by atoms with E-state index in [4.69, 9.17) is 4.98 Å². The molecule has 4 fully saturated rings. The van der Waals surface area contributed by atoms with E-state index in [0.29, 0.717) is 11.7 Å². The molecule has 4 bridgehead atoms. The summed E-state index contributed by atoms with van der Waals surface area (Å²) in [6.45, 7) is 0.297. The van der Waals surface area contributed by atoms with Crippen LogP contribution in [0.15, 0.2) is 29.9 Å². The first kappa shape index (κ1) is 17.8. The summed E-state index contributed by atoms with van der Waals surface area (Å²) in [5.41, 5.74) is 2.23. The Morgan fingerprint density at radius 2 is 1.68 bits per heavy atom. The van der Waals surface area contributed by atoms with Crippen LogP contribution in [0.25, 0.3) is 0 Å². The quantitative estimate of drug-likeness (QED) is 0.777. The number of pyridine rings is 1. The molecular formula is C21H24N4O2S. The highest BCUT2D eigenvalue weighted by atomic mass is 32.1. The molecule has 2 heterocycles. The van der Waals surface area contributed by atoms with Crippen LogP contribution in [0.1, 0.15) is 49.8 Å². The Kier molecular flexibility index (Phi) is 4.42. The minimum absolute atomic E-state index is 0.206. The maximum Gasteiger partial charge on any atom is 0.315 e. The number of aromatic nitrogens is 2. The molecule has 2 aromatic rings. The molecular weight excluding hydrogens is 372 g/mol. The second-order valence-corrected chi connectivity index (χ2v) is 9.59. The van der Waals surface area contributed by atoms with Crippen molar-refractivity contribution in [1.82, 2.24) is 15.3 Å². The number of carbonyl (C=O) groups is 2. The first-order valence-corrected chi connectivity index (χ1v) is 10.9. The number of nitrogens with zero attached hydrogens (tertiary/aromatic N) is 2. The molecule has 4 aliphatic rings. The lowest BCUT2D eigenvalue weighted by Gasteiger charge is -2.56. The van der Waals surface area contributed by atoms with Gasteiger partial charge in [0.1, 0.15) is 0 Å². The van der Waals surface area contributed by atoms with Crippen LogP contribution in [-0.2, 0) is 21.5 Å². The van der Waals surface area contributed by atoms with Gasteiger partial charge in [-0.05, 0) is 74.0 Å². The van der Waals surface area contributed by atoms with Crippen molar-refractivity contribution in [3.8, 4) is 0 Å². The molecule has 2 N–H and O–H groups in total. The monoisotopic (exact) mass is 396 g/mol. The van der Waals surface area contributed by atoms with Crippen molar-refractivity contribution in [2.45, 2.75) is 50.5 Å². The number of nitrogens with one attached hydrogen (secondary N) is 2. The van der Waals surface area contributed by atoms with Gasteiger partial charge in [-0.3, -0.25) is 19.9 Å². The third-order valence-corrected chi connectivity index (χ3v) is 7.47. The van der Waals surface area contributed by atoms with Crippen LogP contribution in [-0.4, -0.2) is 21.8 Å². The lowest BCUT2D eigenvalue weighted by Crippen LogP contribution is -2.48. The largest absolute Gasteiger partial charge is 0.344 e. The van der Waals surface area contributed by atoms with Gasteiger partial charge in [-0.25, -0.2) is 4.98 Å². The Morgan fingerprint density at radius 3 is 2.32 bits per heavy atom. The summed E-state index contributed by atoms with van der Waals surface area (Å²) in [5.74, 6) is 1.24. The molecule has 0 atom stereocenters. The van der Waals surface area contributed by atoms with Gasteiger partial charge in [-0.15, -0.1) is 11.3 Å². The Hall–Kier alpha value is -2.28. The highest BCUT2D eigenvalue weighted by Gasteiger charge is 2.52. The lowest BCUT2D eigenvalue weighted by molar-refractivity contribution is -0.136. The van der Waals surface area contributed by atoms with Gasteiger partial charge in [-0.1, -0.05) is 0 Å². The zero-order chi connectivity index (χ0) is 19.1. The van der Waals surface area contributed by atoms with Crippen LogP contribution in [0.3, 0.4) is 0 Å². The number of amides is 2. The second kappa shape index (κ2) is 6.95. The maximum absolute atomic E-state index is 12.2. The third-order valence-electron chi connectivity index (χ3n) is 6.71. The van der Waals surface area contributed by atoms with E-state index in [2.05, 4.69) is 21.0 Å². The molecule has 2 amide bonds. The molecule has 0 aromatic carbocycles. The summed E-state index contributed by atoms with van der Waals surface area (Å²) >= 11 is 1.43. The summed E-state index contributed by atoms with van der Waals surface area (Å²) in [6.07, 6.45) is 11.2. The summed E-state index contributed by atoms with van der Waals surface area (Å²) < 4.78 is 0. The van der Waals surface area contributed by atoms with Crippen LogP contribution in [0.5, 0.6) is 0 Å². The van der Waals surface area contributed by atoms with E-state index in [9.17, 15) is 9.59 Å². The first-order valence-electron chi connectivity index (χ1n) is 10.0. The van der Waals surface area contributed by atoms with Crippen LogP contribution >= 0.6 is 11.3 Å². The van der Waals surface area contributed by atoms with Gasteiger partial charge >= 0.3 is 11.8 Å². The third kappa shape index (κ3) is 3.32. The van der Waals surface area contributed by atoms with Crippen LogP contribution in [0, 0.1) is 17.8 Å². The molecule has 0 spiro atoms. The smallest absolute Gasteiger partial charge is 0.315 e. The average molecular weight is 397 g/mol. The number of rotatable bonds is 4. The molecule has 0 unspecified atom stereocenters. The van der Waals surface area contributed by atoms with Crippen molar-refractivity contribution in [3.05, 3.63) is 41.2 Å². The van der Waals surface area contributed by atoms with Gasteiger partial charge in [0.2, 0.25) is 0 Å². The van der Waals surface area contributed by atoms with E-state index >= 15 is 0 Å². The van der Waals surface area contributed by atoms with Gasteiger partial charge in [0, 0.05) is 29.7 Å². The zero-order valence-corrected chi connectivity index (χ0v) is 16.5. The van der Waals surface area contributed by atoms with Crippen molar-refractivity contribution < 1.29 is 9.59 Å². The SMILES string of the molecule is O=C(NCc1ccncc1)C(=O)Nc1nc(C23CC4CC(CC(C4)C2)C3)cs1. The predicted molar refractivity (Wildman–Crippen MR) is 107 cm³/mol. The Morgan fingerprint density at radius 1 is 1.04 bits per heavy atom. The van der Waals surface area contributed by atoms with Gasteiger partial charge < -0.3 is 5.32 Å². The van der Waals surface area contributed by atoms with E-state index in [1.165, 1.54) is 49.9 Å². The van der Waals surface area contributed by atoms with Gasteiger partial charge in [-0.2, -0.15) is 0 Å². The predicted octanol–water partition coefficient (Wildman–Crippen LogP) is 3.26. The van der Waals surface area contributed by atoms with E-state index in [1.807, 2.05) is 0 Å². The molecule has 7 heteroatoms. The standard InChI is InChI=1S/C21H24N4O2S/c26-18(23-11-13-1-3-22-4-2-13)19(27)25-20-24-17(12-28-20)21-8-14-5-15(9-21)7-16(6-14)10-21/h1-4,12,14-16H,5-11H2,(H,23,26)(H,24,25,27). The van der Waals surface area contributed by atoms with Crippen LogP contribution < -0.4 is 10.6 Å². The minimum atomic E-state index is -0.666. The minimum Gasteiger partial charge on any atom is -0.344 e. The lowest BCUT2D eigenvalue weighted by atomic mass is 9.49.